The number of amides is 1. The SMILES string of the molecule is COC(=O)C(C(C)C)N(C)CCc1ccc(NC(=O)OC(C)(C)C)cc1. The molecule has 0 spiro atoms. The molecule has 6 nitrogen and oxygen atoms in total. The fourth-order valence-electron chi connectivity index (χ4n) is 2.70. The normalized spacial score (nSPS) is 12.8. The van der Waals surface area contributed by atoms with Gasteiger partial charge in [-0.3, -0.25) is 15.0 Å². The number of hydrogen-bond acceptors (Lipinski definition) is 5. The van der Waals surface area contributed by atoms with E-state index in [2.05, 4.69) is 5.32 Å². The van der Waals surface area contributed by atoms with Crippen LogP contribution in [0.5, 0.6) is 0 Å². The van der Waals surface area contributed by atoms with Crippen LogP contribution in [0.15, 0.2) is 24.3 Å². The Kier molecular flexibility index (Phi) is 8.08. The van der Waals surface area contributed by atoms with Crippen molar-refractivity contribution in [2.75, 3.05) is 26.0 Å². The number of nitrogens with one attached hydrogen (secondary N) is 1. The molecule has 0 heterocycles. The van der Waals surface area contributed by atoms with Crippen LogP contribution in [0, 0.1) is 5.92 Å². The lowest BCUT2D eigenvalue weighted by Gasteiger charge is -2.28. The van der Waals surface area contributed by atoms with Gasteiger partial charge >= 0.3 is 12.1 Å². The summed E-state index contributed by atoms with van der Waals surface area (Å²) in [7, 11) is 3.35. The van der Waals surface area contributed by atoms with Crippen molar-refractivity contribution in [2.24, 2.45) is 5.92 Å². The van der Waals surface area contributed by atoms with E-state index in [9.17, 15) is 9.59 Å². The molecule has 0 radical (unpaired) electrons. The summed E-state index contributed by atoms with van der Waals surface area (Å²) < 4.78 is 10.1. The van der Waals surface area contributed by atoms with Crippen LogP contribution in [0.2, 0.25) is 0 Å². The lowest BCUT2D eigenvalue weighted by Crippen LogP contribution is -2.44. The van der Waals surface area contributed by atoms with Crippen molar-refractivity contribution in [2.45, 2.75) is 52.7 Å². The highest BCUT2D eigenvalue weighted by Crippen LogP contribution is 2.15. The Bertz CT molecular complexity index is 591. The molecule has 146 valence electrons. The Labute approximate surface area is 156 Å². The number of anilines is 1. The van der Waals surface area contributed by atoms with Crippen molar-refractivity contribution in [3.8, 4) is 0 Å². The lowest BCUT2D eigenvalue weighted by atomic mass is 10.0. The Hall–Kier alpha value is -2.08. The Morgan fingerprint density at radius 1 is 1.15 bits per heavy atom. The second-order valence-corrected chi connectivity index (χ2v) is 7.77. The van der Waals surface area contributed by atoms with Gasteiger partial charge < -0.3 is 9.47 Å². The molecule has 0 aromatic heterocycles. The maximum atomic E-state index is 11.9. The minimum absolute atomic E-state index is 0.174. The van der Waals surface area contributed by atoms with Crippen LogP contribution in [0.1, 0.15) is 40.2 Å². The summed E-state index contributed by atoms with van der Waals surface area (Å²) in [5.41, 5.74) is 1.28. The van der Waals surface area contributed by atoms with Gasteiger partial charge in [-0.1, -0.05) is 26.0 Å². The molecule has 0 saturated heterocycles. The second-order valence-electron chi connectivity index (χ2n) is 7.77. The van der Waals surface area contributed by atoms with Crippen LogP contribution in [0.25, 0.3) is 0 Å². The van der Waals surface area contributed by atoms with Crippen LogP contribution < -0.4 is 5.32 Å². The highest BCUT2D eigenvalue weighted by atomic mass is 16.6. The van der Waals surface area contributed by atoms with Gasteiger partial charge in [-0.2, -0.15) is 0 Å². The Balaban J connectivity index is 2.59. The second kappa shape index (κ2) is 9.57. The van der Waals surface area contributed by atoms with Crippen molar-refractivity contribution in [3.05, 3.63) is 29.8 Å². The average Bonchev–Trinajstić information content (AvgIpc) is 2.52. The number of methoxy groups -OCH3 is 1. The van der Waals surface area contributed by atoms with Crippen molar-refractivity contribution in [3.63, 3.8) is 0 Å². The number of ether oxygens (including phenoxy) is 2. The highest BCUT2D eigenvalue weighted by molar-refractivity contribution is 5.84. The van der Waals surface area contributed by atoms with Crippen LogP contribution in [-0.4, -0.2) is 49.3 Å². The molecule has 1 rings (SSSR count). The van der Waals surface area contributed by atoms with Gasteiger partial charge in [0.1, 0.15) is 11.6 Å². The fourth-order valence-corrected chi connectivity index (χ4v) is 2.70. The molecule has 1 N–H and O–H groups in total. The summed E-state index contributed by atoms with van der Waals surface area (Å²) in [6.45, 7) is 10.2. The number of carbonyl (C=O) groups excluding carboxylic acids is 2. The molecule has 0 aliphatic rings. The molecule has 1 aromatic rings. The zero-order valence-electron chi connectivity index (χ0n) is 17.0. The summed E-state index contributed by atoms with van der Waals surface area (Å²) in [6, 6.07) is 7.36. The first-order valence-corrected chi connectivity index (χ1v) is 8.90. The molecule has 1 atom stereocenters. The number of esters is 1. The minimum Gasteiger partial charge on any atom is -0.468 e. The van der Waals surface area contributed by atoms with Gasteiger partial charge in [0.2, 0.25) is 0 Å². The van der Waals surface area contributed by atoms with Gasteiger partial charge in [0.05, 0.1) is 7.11 Å². The predicted octanol–water partition coefficient (Wildman–Crippen LogP) is 3.71. The highest BCUT2D eigenvalue weighted by Gasteiger charge is 2.27. The molecular weight excluding hydrogens is 332 g/mol. The van der Waals surface area contributed by atoms with E-state index < -0.39 is 11.7 Å². The number of nitrogens with zero attached hydrogens (tertiary/aromatic N) is 1. The predicted molar refractivity (Wildman–Crippen MR) is 103 cm³/mol. The van der Waals surface area contributed by atoms with Gasteiger partial charge in [0.25, 0.3) is 0 Å². The third-order valence-electron chi connectivity index (χ3n) is 3.90. The van der Waals surface area contributed by atoms with Gasteiger partial charge in [0, 0.05) is 12.2 Å². The lowest BCUT2D eigenvalue weighted by molar-refractivity contribution is -0.148. The molecule has 0 aliphatic heterocycles. The van der Waals surface area contributed by atoms with E-state index in [0.29, 0.717) is 5.69 Å². The molecule has 0 fully saturated rings. The molecule has 6 heteroatoms. The number of carbonyl (C=O) groups is 2. The third kappa shape index (κ3) is 7.44. The van der Waals surface area contributed by atoms with Crippen molar-refractivity contribution in [1.29, 1.82) is 0 Å². The van der Waals surface area contributed by atoms with E-state index in [4.69, 9.17) is 9.47 Å². The summed E-state index contributed by atoms with van der Waals surface area (Å²) in [5.74, 6) is -0.0349. The number of rotatable bonds is 7. The molecule has 0 bridgehead atoms. The third-order valence-corrected chi connectivity index (χ3v) is 3.90. The summed E-state index contributed by atoms with van der Waals surface area (Å²) >= 11 is 0. The quantitative estimate of drug-likeness (QED) is 0.747. The first kappa shape index (κ1) is 22.0. The monoisotopic (exact) mass is 364 g/mol. The van der Waals surface area contributed by atoms with Gasteiger partial charge in [0.15, 0.2) is 0 Å². The molecule has 1 unspecified atom stereocenters. The summed E-state index contributed by atoms with van der Waals surface area (Å²) in [5, 5.41) is 2.71. The number of hydrogen-bond donors (Lipinski definition) is 1. The zero-order chi connectivity index (χ0) is 19.9. The van der Waals surface area contributed by atoms with Crippen molar-refractivity contribution in [1.82, 2.24) is 4.90 Å². The van der Waals surface area contributed by atoms with Crippen LogP contribution >= 0.6 is 0 Å². The number of benzene rings is 1. The first-order chi connectivity index (χ1) is 12.0. The van der Waals surface area contributed by atoms with E-state index >= 15 is 0 Å². The Morgan fingerprint density at radius 3 is 2.19 bits per heavy atom. The topological polar surface area (TPSA) is 67.9 Å². The van der Waals surface area contributed by atoms with Gasteiger partial charge in [-0.15, -0.1) is 0 Å². The molecule has 1 aromatic carbocycles. The van der Waals surface area contributed by atoms with Crippen molar-refractivity contribution < 1.29 is 19.1 Å². The molecular formula is C20H32N2O4. The minimum atomic E-state index is -0.527. The molecule has 0 aliphatic carbocycles. The average molecular weight is 364 g/mol. The van der Waals surface area contributed by atoms with Crippen molar-refractivity contribution >= 4 is 17.7 Å². The van der Waals surface area contributed by atoms with E-state index in [-0.39, 0.29) is 17.9 Å². The van der Waals surface area contributed by atoms with Gasteiger partial charge in [-0.05, 0) is 57.9 Å². The largest absolute Gasteiger partial charge is 0.468 e. The zero-order valence-corrected chi connectivity index (χ0v) is 17.0. The standard InChI is InChI=1S/C20H32N2O4/c1-14(2)17(18(23)25-7)22(6)13-12-15-8-10-16(11-9-15)21-19(24)26-20(3,4)5/h8-11,14,17H,12-13H2,1-7H3,(H,21,24). The molecule has 1 amide bonds. The maximum absolute atomic E-state index is 11.9. The fraction of sp³-hybridized carbons (Fsp3) is 0.600. The van der Waals surface area contributed by atoms with Crippen LogP contribution in [0.3, 0.4) is 0 Å². The van der Waals surface area contributed by atoms with Crippen LogP contribution in [0.4, 0.5) is 10.5 Å². The van der Waals surface area contributed by atoms with E-state index in [1.807, 2.05) is 70.8 Å². The van der Waals surface area contributed by atoms with E-state index in [1.54, 1.807) is 0 Å². The van der Waals surface area contributed by atoms with Crippen LogP contribution in [-0.2, 0) is 20.7 Å². The van der Waals surface area contributed by atoms with Gasteiger partial charge in [-0.25, -0.2) is 4.79 Å². The maximum Gasteiger partial charge on any atom is 0.412 e. The summed E-state index contributed by atoms with van der Waals surface area (Å²) in [4.78, 5) is 25.7. The van der Waals surface area contributed by atoms with E-state index in [1.165, 1.54) is 7.11 Å². The van der Waals surface area contributed by atoms with E-state index in [0.717, 1.165) is 18.5 Å². The first-order valence-electron chi connectivity index (χ1n) is 8.90. The Morgan fingerprint density at radius 2 is 1.73 bits per heavy atom. The molecule has 0 saturated carbocycles. The summed E-state index contributed by atoms with van der Waals surface area (Å²) in [6.07, 6.45) is 0.325. The molecule has 26 heavy (non-hydrogen) atoms. The number of likely N-dealkylation sites (N-methyl/N-ethyl adjacent to an activating group) is 1. The smallest absolute Gasteiger partial charge is 0.412 e.